The van der Waals surface area contributed by atoms with Crippen LogP contribution in [0.5, 0.6) is 0 Å². The Labute approximate surface area is 118 Å². The zero-order valence-electron chi connectivity index (χ0n) is 6.75. The number of halogens is 2. The van der Waals surface area contributed by atoms with Gasteiger partial charge >= 0.3 is 13.4 Å². The van der Waals surface area contributed by atoms with Gasteiger partial charge in [0.2, 0.25) is 0 Å². The molecule has 0 aromatic carbocycles. The van der Waals surface area contributed by atoms with E-state index in [-0.39, 0.29) is 19.5 Å². The second kappa shape index (κ2) is 18.5. The minimum atomic E-state index is -3.81. The monoisotopic (exact) mass is 396 g/mol. The van der Waals surface area contributed by atoms with Crippen molar-refractivity contribution in [2.45, 2.75) is 0 Å². The fourth-order valence-electron chi connectivity index (χ4n) is 0. The van der Waals surface area contributed by atoms with Crippen molar-refractivity contribution in [1.82, 2.24) is 0 Å². The van der Waals surface area contributed by atoms with E-state index in [9.17, 15) is 0 Å². The van der Waals surface area contributed by atoms with Crippen molar-refractivity contribution in [2.75, 3.05) is 0 Å². The normalized spacial score (nSPS) is 8.67. The maximum atomic E-state index is 7.56. The van der Waals surface area contributed by atoms with Crippen LogP contribution in [-0.4, -0.2) is 38.7 Å². The molecule has 0 bridgehead atoms. The Morgan fingerprint density at radius 3 is 0.600 bits per heavy atom. The minimum Gasteiger partial charge on any atom is -0.325 e. The first-order chi connectivity index (χ1) is 6.00. The summed E-state index contributed by atoms with van der Waals surface area (Å²) in [5, 5.41) is 0. The third kappa shape index (κ3) is 683. The Balaban J connectivity index is -0.0000000318. The van der Waals surface area contributed by atoms with Crippen molar-refractivity contribution in [3.05, 3.63) is 0 Å². The summed E-state index contributed by atoms with van der Waals surface area (Å²) in [5.74, 6) is 0. The van der Waals surface area contributed by atoms with Crippen LogP contribution in [0.1, 0.15) is 0 Å². The Kier molecular flexibility index (Phi) is 37.5. The van der Waals surface area contributed by atoms with E-state index in [4.69, 9.17) is 38.7 Å². The molecule has 8 N–H and O–H groups in total. The molecule has 94 valence electrons. The molecule has 15 heavy (non-hydrogen) atoms. The van der Waals surface area contributed by atoms with E-state index >= 15 is 0 Å². The molecule has 0 rings (SSSR count). The van der Waals surface area contributed by atoms with Crippen LogP contribution < -0.4 is 0 Å². The van der Waals surface area contributed by atoms with E-state index in [1.165, 1.54) is 0 Å². The van der Waals surface area contributed by atoms with Gasteiger partial charge in [0.05, 0.1) is 23.7 Å². The summed E-state index contributed by atoms with van der Waals surface area (Å²) in [5.41, 5.74) is 0. The van der Waals surface area contributed by atoms with Gasteiger partial charge in [-0.15, -0.1) is 0 Å². The minimum absolute atomic E-state index is 0. The van der Waals surface area contributed by atoms with Gasteiger partial charge < -0.3 is 29.4 Å². The molecule has 0 heterocycles. The van der Waals surface area contributed by atoms with Crippen molar-refractivity contribution >= 4 is 60.8 Å². The van der Waals surface area contributed by atoms with Gasteiger partial charge in [-0.2, -0.15) is 0 Å². The summed E-state index contributed by atoms with van der Waals surface area (Å²) in [6, 6.07) is 0. The maximum absolute atomic E-state index is 7.56. The summed E-state index contributed by atoms with van der Waals surface area (Å²) in [6.07, 6.45) is 0. The quantitative estimate of drug-likeness (QED) is 0.181. The Morgan fingerprint density at radius 2 is 0.600 bits per heavy atom. The van der Waals surface area contributed by atoms with Crippen LogP contribution >= 0.6 is 37.2 Å². The molecule has 0 aliphatic carbocycles. The Hall–Kier alpha value is 2.18. The molecule has 15 heteroatoms. The van der Waals surface area contributed by atoms with Crippen molar-refractivity contribution in [1.29, 1.82) is 0 Å². The van der Waals surface area contributed by atoms with Gasteiger partial charge in [-0.25, -0.2) is 0 Å². The smallest absolute Gasteiger partial charge is 0.319 e. The first kappa shape index (κ1) is 30.3. The van der Waals surface area contributed by atoms with Crippen molar-refractivity contribution in [3.8, 4) is 0 Å². The van der Waals surface area contributed by atoms with E-state index in [2.05, 4.69) is 47.3 Å². The van der Waals surface area contributed by atoms with Gasteiger partial charge in [-0.3, -0.25) is 9.32 Å². The molecule has 0 atom stereocenters. The van der Waals surface area contributed by atoms with Crippen LogP contribution in [0.15, 0.2) is 0 Å². The maximum Gasteiger partial charge on any atom is 0.319 e. The van der Waals surface area contributed by atoms with E-state index < -0.39 is 13.4 Å². The fourth-order valence-corrected chi connectivity index (χ4v) is 0. The molecule has 0 aliphatic heterocycles. The summed E-state index contributed by atoms with van der Waals surface area (Å²) in [4.78, 5) is 45.3. The average molecular weight is 398 g/mol. The second-order valence-electron chi connectivity index (χ2n) is 1.03. The zero-order valence-corrected chi connectivity index (χ0v) is 14.7. The average Bonchev–Trinajstić information content (AvgIpc) is 1.88. The summed E-state index contributed by atoms with van der Waals surface area (Å²) in [7, 11) is 0. The van der Waals surface area contributed by atoms with E-state index in [0.717, 1.165) is 0 Å². The van der Waals surface area contributed by atoms with Gasteiger partial charge in [0.25, 0.3) is 0 Å². The molecule has 0 unspecified atom stereocenters. The molecular weight excluding hydrogens is 390 g/mol. The van der Waals surface area contributed by atoms with Crippen molar-refractivity contribution in [3.63, 3.8) is 0 Å². The van der Waals surface area contributed by atoms with Gasteiger partial charge in [-0.1, -0.05) is 0 Å². The molecule has 0 aliphatic rings. The Bertz CT molecular complexity index is 141. The molecule has 0 saturated carbocycles. The predicted octanol–water partition coefficient (Wildman–Crippen LogP) is -1.36. The van der Waals surface area contributed by atoms with E-state index in [1.54, 1.807) is 0 Å². The number of hydrogen-bond donors (Lipinski definition) is 8. The molecule has 0 radical (unpaired) electrons. The van der Waals surface area contributed by atoms with E-state index in [1.807, 2.05) is 0 Å². The number of hydrogen-bond acceptors (Lipinski definition) is 4. The second-order valence-corrected chi connectivity index (χ2v) is 6.02. The van der Waals surface area contributed by atoms with Crippen molar-refractivity contribution < 1.29 is 58.2 Å². The summed E-state index contributed by atoms with van der Waals surface area (Å²) < 4.78 is 12.9. The fraction of sp³-hybridized carbons (Fsp3) is 0. The molecule has 0 aromatic rings. The third-order valence-electron chi connectivity index (χ3n) is 0. The molecule has 0 aromatic heterocycles. The molecule has 0 fully saturated rings. The van der Waals surface area contributed by atoms with Crippen LogP contribution in [0.2, 0.25) is 0 Å². The molecule has 0 spiro atoms. The van der Waals surface area contributed by atoms with Crippen LogP contribution in [0, 0.1) is 0 Å². The zero-order chi connectivity index (χ0) is 13.0. The molecular formula is H8Cl2O8P2S2Zn. The van der Waals surface area contributed by atoms with Crippen molar-refractivity contribution in [2.24, 2.45) is 0 Å². The summed E-state index contributed by atoms with van der Waals surface area (Å²) in [6.45, 7) is -7.61. The predicted molar refractivity (Wildman–Crippen MR) is 58.0 cm³/mol. The standard InChI is InChI=1S/2ClHO.2H3O3PS.Zn/c2*1-2;2*1-4(2,3)5;/h2*2H;2*(H3,1,2,3,5);. The van der Waals surface area contributed by atoms with Gasteiger partial charge in [0, 0.05) is 19.5 Å². The largest absolute Gasteiger partial charge is 0.325 e. The van der Waals surface area contributed by atoms with Crippen LogP contribution in [-0.2, 0) is 43.1 Å². The third-order valence-corrected chi connectivity index (χ3v) is 0. The molecule has 0 amide bonds. The Morgan fingerprint density at radius 1 is 0.600 bits per heavy atom. The van der Waals surface area contributed by atoms with E-state index in [0.29, 0.717) is 0 Å². The van der Waals surface area contributed by atoms with Crippen LogP contribution in [0.4, 0.5) is 0 Å². The first-order valence-electron chi connectivity index (χ1n) is 1.90. The van der Waals surface area contributed by atoms with Gasteiger partial charge in [0.15, 0.2) is 0 Å². The van der Waals surface area contributed by atoms with Crippen LogP contribution in [0.25, 0.3) is 0 Å². The first-order valence-corrected chi connectivity index (χ1v) is 7.90. The number of rotatable bonds is 0. The van der Waals surface area contributed by atoms with Crippen LogP contribution in [0.3, 0.4) is 0 Å². The summed E-state index contributed by atoms with van der Waals surface area (Å²) >= 11 is 14.5. The molecule has 8 nitrogen and oxygen atoms in total. The van der Waals surface area contributed by atoms with Gasteiger partial charge in [-0.05, 0) is 23.6 Å². The SMILES string of the molecule is OCl.OCl.OP(O)(O)=S.OP(O)(O)=S.[Zn]. The topological polar surface area (TPSA) is 162 Å². The molecule has 0 saturated heterocycles. The van der Waals surface area contributed by atoms with Gasteiger partial charge in [0.1, 0.15) is 0 Å².